The van der Waals surface area contributed by atoms with Crippen molar-refractivity contribution in [3.05, 3.63) is 59.4 Å². The lowest BCUT2D eigenvalue weighted by Gasteiger charge is -2.29. The van der Waals surface area contributed by atoms with E-state index in [1.807, 2.05) is 13.8 Å². The smallest absolute Gasteiger partial charge is 0.240 e. The maximum atomic E-state index is 13.9. The van der Waals surface area contributed by atoms with Gasteiger partial charge in [-0.05, 0) is 76.3 Å². The molecule has 0 unspecified atom stereocenters. The molecule has 0 aromatic heterocycles. The molecule has 2 aromatic carbocycles. The minimum atomic E-state index is -3.66. The highest BCUT2D eigenvalue weighted by Crippen LogP contribution is 2.28. The number of hydrogen-bond donors (Lipinski definition) is 2. The lowest BCUT2D eigenvalue weighted by molar-refractivity contribution is -0.126. The molecule has 0 heterocycles. The lowest BCUT2D eigenvalue weighted by Crippen LogP contribution is -2.41. The second-order valence-electron chi connectivity index (χ2n) is 8.28. The largest absolute Gasteiger partial charge is 0.494 e. The van der Waals surface area contributed by atoms with E-state index in [0.717, 1.165) is 5.56 Å². The van der Waals surface area contributed by atoms with Crippen molar-refractivity contribution in [1.82, 2.24) is 10.0 Å². The van der Waals surface area contributed by atoms with E-state index in [-0.39, 0.29) is 28.6 Å². The molecule has 2 N–H and O–H groups in total. The summed E-state index contributed by atoms with van der Waals surface area (Å²) in [5.74, 6) is -0.00702. The number of aryl methyl sites for hydroxylation is 1. The summed E-state index contributed by atoms with van der Waals surface area (Å²) in [7, 11) is -3.66. The Kier molecular flexibility index (Phi) is 7.90. The average molecular weight is 463 g/mol. The molecule has 0 aliphatic heterocycles. The zero-order valence-electron chi connectivity index (χ0n) is 18.7. The van der Waals surface area contributed by atoms with Gasteiger partial charge in [0.1, 0.15) is 11.6 Å². The van der Waals surface area contributed by atoms with Gasteiger partial charge in [-0.15, -0.1) is 0 Å². The van der Waals surface area contributed by atoms with Crippen LogP contribution in [0.1, 0.15) is 56.7 Å². The highest BCUT2D eigenvalue weighted by Gasteiger charge is 2.30. The van der Waals surface area contributed by atoms with Crippen molar-refractivity contribution in [1.29, 1.82) is 0 Å². The Morgan fingerprint density at radius 3 is 2.47 bits per heavy atom. The molecule has 0 bridgehead atoms. The van der Waals surface area contributed by atoms with Crippen molar-refractivity contribution in [3.63, 3.8) is 0 Å². The summed E-state index contributed by atoms with van der Waals surface area (Å²) in [6.45, 7) is 5.97. The molecule has 32 heavy (non-hydrogen) atoms. The van der Waals surface area contributed by atoms with E-state index in [9.17, 15) is 17.6 Å². The van der Waals surface area contributed by atoms with E-state index in [1.54, 1.807) is 43.3 Å². The standard InChI is InChI=1S/C24H31FN2O4S/c1-4-31-23-14-13-20(15-16(23)2)32(29,30)27-19-11-9-18(10-12-19)24(28)26-17(3)21-7-5-6-8-22(21)25/h5-8,13-15,17-19,27H,4,9-12H2,1-3H3,(H,26,28)/t17-,18-,19-/m1/s1. The molecule has 8 heteroatoms. The molecule has 1 aliphatic carbocycles. The van der Waals surface area contributed by atoms with Gasteiger partial charge in [-0.1, -0.05) is 18.2 Å². The quantitative estimate of drug-likeness (QED) is 0.614. The van der Waals surface area contributed by atoms with E-state index in [2.05, 4.69) is 10.0 Å². The molecule has 2 aromatic rings. The van der Waals surface area contributed by atoms with Gasteiger partial charge < -0.3 is 10.1 Å². The Hall–Kier alpha value is -2.45. The molecular formula is C24H31FN2O4S. The van der Waals surface area contributed by atoms with Crippen molar-refractivity contribution in [2.24, 2.45) is 5.92 Å². The fourth-order valence-electron chi connectivity index (χ4n) is 4.10. The van der Waals surface area contributed by atoms with Crippen molar-refractivity contribution in [2.75, 3.05) is 6.61 Å². The van der Waals surface area contributed by atoms with Crippen LogP contribution in [-0.4, -0.2) is 27.0 Å². The highest BCUT2D eigenvalue weighted by atomic mass is 32.2. The predicted molar refractivity (Wildman–Crippen MR) is 121 cm³/mol. The molecule has 1 atom stereocenters. The van der Waals surface area contributed by atoms with Gasteiger partial charge in [-0.25, -0.2) is 17.5 Å². The highest BCUT2D eigenvalue weighted by molar-refractivity contribution is 7.89. The molecule has 1 fully saturated rings. The van der Waals surface area contributed by atoms with Gasteiger partial charge in [0.2, 0.25) is 15.9 Å². The van der Waals surface area contributed by atoms with Gasteiger partial charge >= 0.3 is 0 Å². The topological polar surface area (TPSA) is 84.5 Å². The number of nitrogens with one attached hydrogen (secondary N) is 2. The van der Waals surface area contributed by atoms with E-state index in [4.69, 9.17) is 4.74 Å². The van der Waals surface area contributed by atoms with Crippen LogP contribution < -0.4 is 14.8 Å². The first-order valence-corrected chi connectivity index (χ1v) is 12.5. The van der Waals surface area contributed by atoms with Crippen LogP contribution in [0.4, 0.5) is 4.39 Å². The minimum Gasteiger partial charge on any atom is -0.494 e. The Bertz CT molecular complexity index is 1050. The molecule has 3 rings (SSSR count). The average Bonchev–Trinajstić information content (AvgIpc) is 2.75. The van der Waals surface area contributed by atoms with E-state index in [1.165, 1.54) is 6.07 Å². The number of benzene rings is 2. The summed E-state index contributed by atoms with van der Waals surface area (Å²) < 4.78 is 47.8. The van der Waals surface area contributed by atoms with E-state index in [0.29, 0.717) is 43.6 Å². The van der Waals surface area contributed by atoms with Crippen molar-refractivity contribution in [2.45, 2.75) is 63.4 Å². The second-order valence-corrected chi connectivity index (χ2v) is 10.00. The number of sulfonamides is 1. The van der Waals surface area contributed by atoms with Crippen LogP contribution >= 0.6 is 0 Å². The lowest BCUT2D eigenvalue weighted by atomic mass is 9.85. The van der Waals surface area contributed by atoms with Crippen molar-refractivity contribution < 1.29 is 22.3 Å². The fourth-order valence-corrected chi connectivity index (χ4v) is 5.49. The first-order chi connectivity index (χ1) is 15.2. The van der Waals surface area contributed by atoms with Crippen LogP contribution in [-0.2, 0) is 14.8 Å². The van der Waals surface area contributed by atoms with E-state index >= 15 is 0 Å². The first kappa shape index (κ1) is 24.2. The molecule has 0 spiro atoms. The SMILES string of the molecule is CCOc1ccc(S(=O)(=O)N[C@H]2CC[C@H](C(=O)N[C@H](C)c3ccccc3F)CC2)cc1C. The maximum absolute atomic E-state index is 13.9. The van der Waals surface area contributed by atoms with Crippen LogP contribution in [0.25, 0.3) is 0 Å². The predicted octanol–water partition coefficient (Wildman–Crippen LogP) is 4.25. The summed E-state index contributed by atoms with van der Waals surface area (Å²) in [5.41, 5.74) is 1.21. The van der Waals surface area contributed by atoms with Crippen LogP contribution in [0, 0.1) is 18.7 Å². The summed E-state index contributed by atoms with van der Waals surface area (Å²) in [6, 6.07) is 10.6. The molecule has 1 aliphatic rings. The Labute approximate surface area is 189 Å². The molecule has 6 nitrogen and oxygen atoms in total. The number of hydrogen-bond acceptors (Lipinski definition) is 4. The van der Waals surface area contributed by atoms with Gasteiger partial charge in [0.05, 0.1) is 17.5 Å². The number of halogens is 1. The Balaban J connectivity index is 1.54. The molecule has 0 saturated heterocycles. The molecule has 1 amide bonds. The number of amides is 1. The third kappa shape index (κ3) is 5.86. The number of rotatable bonds is 8. The summed E-state index contributed by atoms with van der Waals surface area (Å²) in [6.07, 6.45) is 2.29. The minimum absolute atomic E-state index is 0.121. The zero-order valence-corrected chi connectivity index (χ0v) is 19.5. The van der Waals surface area contributed by atoms with Crippen LogP contribution in [0.3, 0.4) is 0 Å². The summed E-state index contributed by atoms with van der Waals surface area (Å²) in [4.78, 5) is 12.9. The van der Waals surface area contributed by atoms with Gasteiger partial charge in [0.25, 0.3) is 0 Å². The third-order valence-electron chi connectivity index (χ3n) is 5.91. The van der Waals surface area contributed by atoms with Gasteiger partial charge in [-0.3, -0.25) is 4.79 Å². The summed E-state index contributed by atoms with van der Waals surface area (Å²) in [5, 5.41) is 2.89. The number of carbonyl (C=O) groups excluding carboxylic acids is 1. The first-order valence-electron chi connectivity index (χ1n) is 11.0. The van der Waals surface area contributed by atoms with Crippen LogP contribution in [0.2, 0.25) is 0 Å². The molecule has 1 saturated carbocycles. The third-order valence-corrected chi connectivity index (χ3v) is 7.42. The Morgan fingerprint density at radius 1 is 1.16 bits per heavy atom. The zero-order chi connectivity index (χ0) is 23.3. The molecule has 174 valence electrons. The summed E-state index contributed by atoms with van der Waals surface area (Å²) >= 11 is 0. The van der Waals surface area contributed by atoms with Gasteiger partial charge in [0, 0.05) is 17.5 Å². The normalized spacial score (nSPS) is 19.9. The number of carbonyl (C=O) groups is 1. The van der Waals surface area contributed by atoms with E-state index < -0.39 is 16.1 Å². The second kappa shape index (κ2) is 10.4. The Morgan fingerprint density at radius 2 is 1.84 bits per heavy atom. The van der Waals surface area contributed by atoms with Crippen LogP contribution in [0.15, 0.2) is 47.4 Å². The fraction of sp³-hybridized carbons (Fsp3) is 0.458. The van der Waals surface area contributed by atoms with Gasteiger partial charge in [0.15, 0.2) is 0 Å². The van der Waals surface area contributed by atoms with Gasteiger partial charge in [-0.2, -0.15) is 0 Å². The van der Waals surface area contributed by atoms with Crippen molar-refractivity contribution in [3.8, 4) is 5.75 Å². The van der Waals surface area contributed by atoms with Crippen molar-refractivity contribution >= 4 is 15.9 Å². The molecular weight excluding hydrogens is 431 g/mol. The molecule has 0 radical (unpaired) electrons. The maximum Gasteiger partial charge on any atom is 0.240 e. The van der Waals surface area contributed by atoms with Crippen LogP contribution in [0.5, 0.6) is 5.75 Å². The number of ether oxygens (including phenoxy) is 1. The monoisotopic (exact) mass is 462 g/mol.